The number of ether oxygens (including phenoxy) is 2. The predicted octanol–water partition coefficient (Wildman–Crippen LogP) is 2.49. The molecule has 1 unspecified atom stereocenters. The molecule has 1 aliphatic carbocycles. The molecular formula is C17H22N2O2. The lowest BCUT2D eigenvalue weighted by Gasteiger charge is -2.42. The summed E-state index contributed by atoms with van der Waals surface area (Å²) < 4.78 is 10.9. The summed E-state index contributed by atoms with van der Waals surface area (Å²) in [6.45, 7) is 2.08. The molecule has 0 amide bonds. The van der Waals surface area contributed by atoms with Crippen LogP contribution in [0.1, 0.15) is 30.4 Å². The molecule has 4 heteroatoms. The Morgan fingerprint density at radius 1 is 1.14 bits per heavy atom. The molecule has 0 aromatic heterocycles. The van der Waals surface area contributed by atoms with E-state index in [4.69, 9.17) is 14.5 Å². The summed E-state index contributed by atoms with van der Waals surface area (Å²) in [5.41, 5.74) is 2.57. The van der Waals surface area contributed by atoms with Gasteiger partial charge in [0.15, 0.2) is 11.5 Å². The minimum Gasteiger partial charge on any atom is -0.493 e. The summed E-state index contributed by atoms with van der Waals surface area (Å²) in [6.07, 6.45) is 5.09. The van der Waals surface area contributed by atoms with Crippen LogP contribution >= 0.6 is 0 Å². The highest BCUT2D eigenvalue weighted by Crippen LogP contribution is 2.39. The second kappa shape index (κ2) is 4.93. The van der Waals surface area contributed by atoms with E-state index < -0.39 is 0 Å². The van der Waals surface area contributed by atoms with Gasteiger partial charge in [-0.25, -0.2) is 0 Å². The van der Waals surface area contributed by atoms with Crippen molar-refractivity contribution in [2.24, 2.45) is 10.9 Å². The molecule has 0 N–H and O–H groups in total. The van der Waals surface area contributed by atoms with E-state index in [1.165, 1.54) is 36.2 Å². The summed E-state index contributed by atoms with van der Waals surface area (Å²) in [6, 6.07) is 4.93. The summed E-state index contributed by atoms with van der Waals surface area (Å²) in [4.78, 5) is 7.46. The molecule has 112 valence electrons. The van der Waals surface area contributed by atoms with E-state index in [1.54, 1.807) is 14.2 Å². The lowest BCUT2D eigenvalue weighted by atomic mass is 9.91. The maximum Gasteiger partial charge on any atom is 0.161 e. The number of amidine groups is 1. The Balaban J connectivity index is 1.78. The molecule has 1 aromatic carbocycles. The first-order valence-corrected chi connectivity index (χ1v) is 7.88. The molecule has 0 spiro atoms. The van der Waals surface area contributed by atoms with Gasteiger partial charge in [-0.05, 0) is 42.9 Å². The van der Waals surface area contributed by atoms with E-state index in [2.05, 4.69) is 17.0 Å². The molecule has 1 aromatic rings. The molecule has 0 saturated heterocycles. The van der Waals surface area contributed by atoms with E-state index in [-0.39, 0.29) is 0 Å². The van der Waals surface area contributed by atoms with Gasteiger partial charge in [-0.2, -0.15) is 0 Å². The molecule has 21 heavy (non-hydrogen) atoms. The summed E-state index contributed by atoms with van der Waals surface area (Å²) >= 11 is 0. The number of rotatable bonds is 2. The fraction of sp³-hybridized carbons (Fsp3) is 0.588. The van der Waals surface area contributed by atoms with Crippen LogP contribution in [-0.4, -0.2) is 44.1 Å². The first-order valence-electron chi connectivity index (χ1n) is 7.88. The highest BCUT2D eigenvalue weighted by atomic mass is 16.5. The molecule has 2 aliphatic heterocycles. The average Bonchev–Trinajstić information content (AvgIpc) is 3.01. The van der Waals surface area contributed by atoms with Crippen LogP contribution < -0.4 is 9.47 Å². The van der Waals surface area contributed by atoms with E-state index in [1.807, 2.05) is 0 Å². The van der Waals surface area contributed by atoms with E-state index >= 15 is 0 Å². The zero-order valence-corrected chi connectivity index (χ0v) is 12.8. The monoisotopic (exact) mass is 286 g/mol. The smallest absolute Gasteiger partial charge is 0.161 e. The molecule has 4 rings (SSSR count). The van der Waals surface area contributed by atoms with Crippen LogP contribution in [0.3, 0.4) is 0 Å². The van der Waals surface area contributed by atoms with E-state index in [0.29, 0.717) is 6.04 Å². The van der Waals surface area contributed by atoms with Crippen molar-refractivity contribution in [1.29, 1.82) is 0 Å². The molecule has 1 fully saturated rings. The minimum atomic E-state index is 0.707. The number of aliphatic imine (C=N–C) groups is 1. The molecule has 1 saturated carbocycles. The van der Waals surface area contributed by atoms with Gasteiger partial charge < -0.3 is 14.4 Å². The Bertz CT molecular complexity index is 597. The Morgan fingerprint density at radius 3 is 2.76 bits per heavy atom. The van der Waals surface area contributed by atoms with Crippen LogP contribution in [-0.2, 0) is 6.42 Å². The summed E-state index contributed by atoms with van der Waals surface area (Å²) in [5, 5.41) is 0. The lowest BCUT2D eigenvalue weighted by Crippen LogP contribution is -2.50. The third kappa shape index (κ3) is 1.92. The van der Waals surface area contributed by atoms with Crippen LogP contribution in [0.25, 0.3) is 0 Å². The number of nitrogens with zero attached hydrogens (tertiary/aromatic N) is 2. The zero-order chi connectivity index (χ0) is 14.4. The van der Waals surface area contributed by atoms with E-state index in [9.17, 15) is 0 Å². The van der Waals surface area contributed by atoms with Crippen molar-refractivity contribution in [2.75, 3.05) is 27.3 Å². The molecular weight excluding hydrogens is 264 g/mol. The minimum absolute atomic E-state index is 0.707. The van der Waals surface area contributed by atoms with Gasteiger partial charge in [-0.3, -0.25) is 4.99 Å². The number of methoxy groups -OCH3 is 2. The highest BCUT2D eigenvalue weighted by Gasteiger charge is 2.39. The Kier molecular flexibility index (Phi) is 3.05. The van der Waals surface area contributed by atoms with Crippen molar-refractivity contribution >= 4 is 5.84 Å². The van der Waals surface area contributed by atoms with Crippen LogP contribution in [0.5, 0.6) is 11.5 Å². The maximum atomic E-state index is 5.47. The first-order chi connectivity index (χ1) is 10.3. The van der Waals surface area contributed by atoms with Crippen molar-refractivity contribution in [3.05, 3.63) is 23.3 Å². The van der Waals surface area contributed by atoms with Crippen molar-refractivity contribution in [3.63, 3.8) is 0 Å². The first kappa shape index (κ1) is 13.0. The fourth-order valence-electron chi connectivity index (χ4n) is 4.18. The van der Waals surface area contributed by atoms with Gasteiger partial charge >= 0.3 is 0 Å². The maximum absolute atomic E-state index is 5.47. The van der Waals surface area contributed by atoms with Crippen LogP contribution in [0, 0.1) is 5.92 Å². The number of fused-ring (bicyclic) bond motifs is 5. The Labute approximate surface area is 125 Å². The second-order valence-electron chi connectivity index (χ2n) is 6.23. The number of benzene rings is 1. The van der Waals surface area contributed by atoms with Gasteiger partial charge in [0.05, 0.1) is 14.2 Å². The van der Waals surface area contributed by atoms with Gasteiger partial charge in [0.25, 0.3) is 0 Å². The third-order valence-corrected chi connectivity index (χ3v) is 5.24. The van der Waals surface area contributed by atoms with Crippen molar-refractivity contribution in [1.82, 2.24) is 4.90 Å². The average molecular weight is 286 g/mol. The van der Waals surface area contributed by atoms with E-state index in [0.717, 1.165) is 36.9 Å². The molecule has 2 heterocycles. The van der Waals surface area contributed by atoms with Crippen LogP contribution in [0.2, 0.25) is 0 Å². The number of hydrogen-bond acceptors (Lipinski definition) is 4. The molecule has 0 radical (unpaired) electrons. The third-order valence-electron chi connectivity index (χ3n) is 5.24. The topological polar surface area (TPSA) is 34.1 Å². The molecule has 3 aliphatic rings. The lowest BCUT2D eigenvalue weighted by molar-refractivity contribution is 0.237. The summed E-state index contributed by atoms with van der Waals surface area (Å²) in [7, 11) is 3.39. The Hall–Kier alpha value is -1.71. The normalized spacial score (nSPS) is 26.6. The van der Waals surface area contributed by atoms with Crippen LogP contribution in [0.15, 0.2) is 17.1 Å². The zero-order valence-electron chi connectivity index (χ0n) is 12.8. The van der Waals surface area contributed by atoms with Gasteiger partial charge in [-0.15, -0.1) is 0 Å². The molecule has 0 bridgehead atoms. The fourth-order valence-corrected chi connectivity index (χ4v) is 4.18. The SMILES string of the molecule is COc1cc2c(cc1OC)C1=NCC3CCC[C@H]3N1CC2. The van der Waals surface area contributed by atoms with Gasteiger partial charge in [0.2, 0.25) is 0 Å². The van der Waals surface area contributed by atoms with Gasteiger partial charge in [-0.1, -0.05) is 6.42 Å². The largest absolute Gasteiger partial charge is 0.493 e. The summed E-state index contributed by atoms with van der Waals surface area (Å²) in [5.74, 6) is 3.57. The van der Waals surface area contributed by atoms with Gasteiger partial charge in [0.1, 0.15) is 5.84 Å². The number of hydrogen-bond donors (Lipinski definition) is 0. The van der Waals surface area contributed by atoms with Crippen LogP contribution in [0.4, 0.5) is 0 Å². The predicted molar refractivity (Wildman–Crippen MR) is 82.5 cm³/mol. The van der Waals surface area contributed by atoms with Crippen molar-refractivity contribution in [3.8, 4) is 11.5 Å². The second-order valence-corrected chi connectivity index (χ2v) is 6.23. The Morgan fingerprint density at radius 2 is 1.95 bits per heavy atom. The quantitative estimate of drug-likeness (QED) is 0.837. The molecule has 4 nitrogen and oxygen atoms in total. The van der Waals surface area contributed by atoms with Crippen molar-refractivity contribution in [2.45, 2.75) is 31.7 Å². The molecule has 2 atom stereocenters. The highest BCUT2D eigenvalue weighted by molar-refractivity contribution is 6.02. The van der Waals surface area contributed by atoms with Crippen molar-refractivity contribution < 1.29 is 9.47 Å². The van der Waals surface area contributed by atoms with Gasteiger partial charge in [0, 0.05) is 24.7 Å². The standard InChI is InChI=1S/C17H22N2O2/c1-20-15-8-11-6-7-19-14-5-3-4-12(14)10-18-17(19)13(11)9-16(15)21-2/h8-9,12,14H,3-7,10H2,1-2H3/t12?,14-/m1/s1.